The molecule has 0 aliphatic heterocycles. The number of sulfonamides is 1. The predicted molar refractivity (Wildman–Crippen MR) is 100 cm³/mol. The Morgan fingerprint density at radius 1 is 0.966 bits per heavy atom. The first kappa shape index (κ1) is 20.5. The lowest BCUT2D eigenvalue weighted by Crippen LogP contribution is -2.20. The third-order valence-electron chi connectivity index (χ3n) is 3.78. The predicted octanol–water partition coefficient (Wildman–Crippen LogP) is 4.46. The zero-order valence-electron chi connectivity index (χ0n) is 15.0. The molecule has 0 aliphatic rings. The number of pyridine rings is 1. The number of rotatable bonds is 6. The van der Waals surface area contributed by atoms with Crippen molar-refractivity contribution in [3.8, 4) is 22.6 Å². The molecule has 0 fully saturated rings. The third-order valence-corrected chi connectivity index (χ3v) is 5.20. The quantitative estimate of drug-likeness (QED) is 0.632. The minimum absolute atomic E-state index is 0.0835. The number of anilines is 1. The first-order valence-electron chi connectivity index (χ1n) is 8.15. The Bertz CT molecular complexity index is 1100. The lowest BCUT2D eigenvalue weighted by Gasteiger charge is -2.14. The molecule has 1 N–H and O–H groups in total. The van der Waals surface area contributed by atoms with Crippen LogP contribution >= 0.6 is 0 Å². The van der Waals surface area contributed by atoms with E-state index in [1.165, 1.54) is 37.7 Å². The summed E-state index contributed by atoms with van der Waals surface area (Å²) in [7, 11) is -2.83. The summed E-state index contributed by atoms with van der Waals surface area (Å²) in [4.78, 5) is 3.35. The molecule has 152 valence electrons. The molecule has 0 amide bonds. The van der Waals surface area contributed by atoms with Gasteiger partial charge in [-0.25, -0.2) is 8.42 Å². The zero-order chi connectivity index (χ0) is 21.1. The SMILES string of the molecule is COc1ccc(-c2cncc(NS(=O)(=O)c3ccccc3OC(F)(F)F)c2)cc1. The van der Waals surface area contributed by atoms with Crippen LogP contribution in [0, 0.1) is 0 Å². The number of alkyl halides is 3. The molecule has 6 nitrogen and oxygen atoms in total. The summed E-state index contributed by atoms with van der Waals surface area (Å²) >= 11 is 0. The number of nitrogens with zero attached hydrogens (tertiary/aromatic N) is 1. The van der Waals surface area contributed by atoms with Gasteiger partial charge in [0.2, 0.25) is 0 Å². The van der Waals surface area contributed by atoms with Gasteiger partial charge in [-0.15, -0.1) is 13.2 Å². The first-order valence-corrected chi connectivity index (χ1v) is 9.63. The van der Waals surface area contributed by atoms with Gasteiger partial charge in [0.25, 0.3) is 10.0 Å². The Hall–Kier alpha value is -3.27. The van der Waals surface area contributed by atoms with Gasteiger partial charge in [0.15, 0.2) is 0 Å². The van der Waals surface area contributed by atoms with E-state index in [0.29, 0.717) is 11.3 Å². The molecular formula is C19H15F3N2O4S. The fourth-order valence-corrected chi connectivity index (χ4v) is 3.69. The normalized spacial score (nSPS) is 11.7. The Morgan fingerprint density at radius 3 is 2.31 bits per heavy atom. The van der Waals surface area contributed by atoms with E-state index in [9.17, 15) is 21.6 Å². The number of aromatic nitrogens is 1. The smallest absolute Gasteiger partial charge is 0.497 e. The van der Waals surface area contributed by atoms with Gasteiger partial charge in [-0.2, -0.15) is 0 Å². The average molecular weight is 424 g/mol. The molecule has 1 heterocycles. The van der Waals surface area contributed by atoms with Crippen molar-refractivity contribution in [2.45, 2.75) is 11.3 Å². The van der Waals surface area contributed by atoms with Gasteiger partial charge in [0.1, 0.15) is 16.4 Å². The summed E-state index contributed by atoms with van der Waals surface area (Å²) in [6.45, 7) is 0. The maximum Gasteiger partial charge on any atom is 0.573 e. The van der Waals surface area contributed by atoms with Crippen LogP contribution < -0.4 is 14.2 Å². The van der Waals surface area contributed by atoms with Crippen LogP contribution in [0.15, 0.2) is 71.9 Å². The highest BCUT2D eigenvalue weighted by Crippen LogP contribution is 2.31. The molecule has 0 bridgehead atoms. The van der Waals surface area contributed by atoms with Crippen molar-refractivity contribution in [1.82, 2.24) is 4.98 Å². The van der Waals surface area contributed by atoms with Crippen molar-refractivity contribution in [3.05, 3.63) is 67.0 Å². The molecule has 0 radical (unpaired) electrons. The second-order valence-electron chi connectivity index (χ2n) is 5.79. The van der Waals surface area contributed by atoms with Gasteiger partial charge in [-0.05, 0) is 35.9 Å². The molecule has 29 heavy (non-hydrogen) atoms. The van der Waals surface area contributed by atoms with E-state index in [0.717, 1.165) is 17.7 Å². The highest BCUT2D eigenvalue weighted by molar-refractivity contribution is 7.92. The van der Waals surface area contributed by atoms with Gasteiger partial charge in [-0.3, -0.25) is 9.71 Å². The lowest BCUT2D eigenvalue weighted by atomic mass is 10.1. The van der Waals surface area contributed by atoms with Crippen LogP contribution in [0.5, 0.6) is 11.5 Å². The summed E-state index contributed by atoms with van der Waals surface area (Å²) in [5.41, 5.74) is 1.44. The Labute approximate surface area is 165 Å². The van der Waals surface area contributed by atoms with E-state index < -0.39 is 27.0 Å². The summed E-state index contributed by atoms with van der Waals surface area (Å²) < 4.78 is 74.1. The molecule has 0 spiro atoms. The topological polar surface area (TPSA) is 77.5 Å². The van der Waals surface area contributed by atoms with Crippen LogP contribution in [0.4, 0.5) is 18.9 Å². The number of hydrogen-bond donors (Lipinski definition) is 1. The zero-order valence-corrected chi connectivity index (χ0v) is 15.8. The number of ether oxygens (including phenoxy) is 2. The number of methoxy groups -OCH3 is 1. The molecule has 2 aromatic carbocycles. The van der Waals surface area contributed by atoms with Crippen molar-refractivity contribution in [2.75, 3.05) is 11.8 Å². The number of benzene rings is 2. The largest absolute Gasteiger partial charge is 0.573 e. The molecule has 1 aromatic heterocycles. The monoisotopic (exact) mass is 424 g/mol. The fourth-order valence-electron chi connectivity index (χ4n) is 2.53. The third kappa shape index (κ3) is 5.17. The number of nitrogens with one attached hydrogen (secondary N) is 1. The maximum atomic E-state index is 12.6. The Kier molecular flexibility index (Phi) is 5.64. The standard InChI is InChI=1S/C19H15F3N2O4S/c1-27-16-8-6-13(7-9-16)14-10-15(12-23-11-14)24-29(25,26)18-5-3-2-4-17(18)28-19(20,21)22/h2-12,24H,1H3. The molecule has 0 atom stereocenters. The van der Waals surface area contributed by atoms with Crippen LogP contribution in [0.2, 0.25) is 0 Å². The van der Waals surface area contributed by atoms with Crippen LogP contribution in [0.25, 0.3) is 11.1 Å². The van der Waals surface area contributed by atoms with E-state index in [1.807, 2.05) is 0 Å². The summed E-state index contributed by atoms with van der Waals surface area (Å²) in [5, 5.41) is 0. The molecule has 0 saturated carbocycles. The van der Waals surface area contributed by atoms with Crippen molar-refractivity contribution >= 4 is 15.7 Å². The van der Waals surface area contributed by atoms with Crippen molar-refractivity contribution in [2.24, 2.45) is 0 Å². The fraction of sp³-hybridized carbons (Fsp3) is 0.105. The Morgan fingerprint density at radius 2 is 1.66 bits per heavy atom. The molecule has 3 aromatic rings. The van der Waals surface area contributed by atoms with Gasteiger partial charge in [0.05, 0.1) is 19.0 Å². The van der Waals surface area contributed by atoms with Crippen LogP contribution in [-0.2, 0) is 10.0 Å². The molecule has 0 unspecified atom stereocenters. The van der Waals surface area contributed by atoms with Gasteiger partial charge >= 0.3 is 6.36 Å². The van der Waals surface area contributed by atoms with Crippen molar-refractivity contribution in [1.29, 1.82) is 0 Å². The van der Waals surface area contributed by atoms with Gasteiger partial charge < -0.3 is 9.47 Å². The van der Waals surface area contributed by atoms with Crippen LogP contribution in [0.1, 0.15) is 0 Å². The lowest BCUT2D eigenvalue weighted by molar-refractivity contribution is -0.275. The molecule has 0 aliphatic carbocycles. The van der Waals surface area contributed by atoms with E-state index in [2.05, 4.69) is 14.4 Å². The van der Waals surface area contributed by atoms with Crippen LogP contribution in [-0.4, -0.2) is 26.9 Å². The maximum absolute atomic E-state index is 12.6. The molecule has 3 rings (SSSR count). The average Bonchev–Trinajstić information content (AvgIpc) is 2.67. The second-order valence-corrected chi connectivity index (χ2v) is 7.44. The van der Waals surface area contributed by atoms with Crippen molar-refractivity contribution in [3.63, 3.8) is 0 Å². The first-order chi connectivity index (χ1) is 13.7. The molecule has 0 saturated heterocycles. The molecule has 10 heteroatoms. The number of para-hydroxylation sites is 1. The van der Waals surface area contributed by atoms with Gasteiger partial charge in [-0.1, -0.05) is 24.3 Å². The minimum Gasteiger partial charge on any atom is -0.497 e. The second kappa shape index (κ2) is 8.00. The number of halogens is 3. The highest BCUT2D eigenvalue weighted by Gasteiger charge is 2.34. The summed E-state index contributed by atoms with van der Waals surface area (Å²) in [6.07, 6.45) is -2.25. The van der Waals surface area contributed by atoms with Crippen LogP contribution in [0.3, 0.4) is 0 Å². The van der Waals surface area contributed by atoms with Gasteiger partial charge in [0, 0.05) is 11.8 Å². The summed E-state index contributed by atoms with van der Waals surface area (Å²) in [5.74, 6) is -0.174. The number of hydrogen-bond acceptors (Lipinski definition) is 5. The van der Waals surface area contributed by atoms with E-state index >= 15 is 0 Å². The summed E-state index contributed by atoms with van der Waals surface area (Å²) in [6, 6.07) is 13.0. The Balaban J connectivity index is 1.90. The minimum atomic E-state index is -5.03. The van der Waals surface area contributed by atoms with E-state index in [1.54, 1.807) is 24.3 Å². The van der Waals surface area contributed by atoms with Crippen molar-refractivity contribution < 1.29 is 31.1 Å². The molecular weight excluding hydrogens is 409 g/mol. The highest BCUT2D eigenvalue weighted by atomic mass is 32.2. The van der Waals surface area contributed by atoms with E-state index in [-0.39, 0.29) is 5.69 Å². The van der Waals surface area contributed by atoms with E-state index in [4.69, 9.17) is 4.74 Å².